The van der Waals surface area contributed by atoms with Crippen LogP contribution in [0.25, 0.3) is 0 Å². The average Bonchev–Trinajstić information content (AvgIpc) is 2.36. The number of alkyl halides is 3. The Morgan fingerprint density at radius 2 is 1.89 bits per heavy atom. The van der Waals surface area contributed by atoms with E-state index in [0.717, 1.165) is 18.7 Å². The van der Waals surface area contributed by atoms with Crippen molar-refractivity contribution in [2.45, 2.75) is 39.0 Å². The second kappa shape index (κ2) is 6.28. The van der Waals surface area contributed by atoms with E-state index in [9.17, 15) is 13.2 Å². The number of halogens is 3. The molecule has 0 aliphatic rings. The van der Waals surface area contributed by atoms with Crippen LogP contribution in [0.3, 0.4) is 0 Å². The third-order valence-corrected chi connectivity index (χ3v) is 3.02. The summed E-state index contributed by atoms with van der Waals surface area (Å²) in [5, 5.41) is 3.16. The quantitative estimate of drug-likeness (QED) is 0.851. The summed E-state index contributed by atoms with van der Waals surface area (Å²) < 4.78 is 43.6. The Bertz CT molecular complexity index is 406. The molecule has 2 nitrogen and oxygen atoms in total. The highest BCUT2D eigenvalue weighted by Gasteiger charge is 2.31. The van der Waals surface area contributed by atoms with Crippen molar-refractivity contribution in [2.75, 3.05) is 13.1 Å². The van der Waals surface area contributed by atoms with E-state index in [0.29, 0.717) is 13.0 Å². The van der Waals surface area contributed by atoms with Gasteiger partial charge in [-0.2, -0.15) is 13.2 Å². The molecule has 0 aliphatic carbocycles. The molecular formula is C14H20F3NO. The van der Waals surface area contributed by atoms with Crippen LogP contribution in [0, 0.1) is 0 Å². The molecule has 0 fully saturated rings. The van der Waals surface area contributed by atoms with Crippen molar-refractivity contribution in [1.29, 1.82) is 0 Å². The number of likely N-dealkylation sites (N-methyl/N-ethyl adjacent to an activating group) is 1. The Balaban J connectivity index is 2.86. The highest BCUT2D eigenvalue weighted by Crippen LogP contribution is 2.32. The topological polar surface area (TPSA) is 21.3 Å². The molecule has 0 saturated carbocycles. The highest BCUT2D eigenvalue weighted by atomic mass is 19.4. The Hall–Kier alpha value is -1.23. The molecule has 0 bridgehead atoms. The number of benzene rings is 1. The maximum atomic E-state index is 12.6. The van der Waals surface area contributed by atoms with Gasteiger partial charge in [0, 0.05) is 6.54 Å². The largest absolute Gasteiger partial charge is 0.486 e. The lowest BCUT2D eigenvalue weighted by atomic mass is 10.0. The molecule has 1 aromatic rings. The third kappa shape index (κ3) is 4.74. The van der Waals surface area contributed by atoms with Crippen molar-refractivity contribution in [3.05, 3.63) is 29.8 Å². The van der Waals surface area contributed by atoms with Gasteiger partial charge < -0.3 is 10.1 Å². The normalized spacial score (nSPS) is 15.1. The zero-order chi connectivity index (χ0) is 14.5. The van der Waals surface area contributed by atoms with Gasteiger partial charge >= 0.3 is 6.18 Å². The van der Waals surface area contributed by atoms with Gasteiger partial charge in [0.05, 0.1) is 5.56 Å². The number of hydrogen-bond acceptors (Lipinski definition) is 2. The summed E-state index contributed by atoms with van der Waals surface area (Å²) in [5.74, 6) is 0.247. The molecule has 0 radical (unpaired) electrons. The Morgan fingerprint density at radius 1 is 1.21 bits per heavy atom. The van der Waals surface area contributed by atoms with Crippen LogP contribution in [0.2, 0.25) is 0 Å². The maximum absolute atomic E-state index is 12.6. The first-order chi connectivity index (χ1) is 8.80. The molecule has 108 valence electrons. The van der Waals surface area contributed by atoms with Crippen molar-refractivity contribution < 1.29 is 17.9 Å². The second-order valence-electron chi connectivity index (χ2n) is 4.71. The number of rotatable bonds is 6. The molecule has 1 rings (SSSR count). The monoisotopic (exact) mass is 275 g/mol. The van der Waals surface area contributed by atoms with Gasteiger partial charge in [-0.15, -0.1) is 0 Å². The van der Waals surface area contributed by atoms with Crippen LogP contribution in [0.4, 0.5) is 13.2 Å². The molecule has 1 aromatic carbocycles. The zero-order valence-corrected chi connectivity index (χ0v) is 11.5. The van der Waals surface area contributed by atoms with Gasteiger partial charge in [0.2, 0.25) is 0 Å². The van der Waals surface area contributed by atoms with Gasteiger partial charge in [0.1, 0.15) is 11.4 Å². The summed E-state index contributed by atoms with van der Waals surface area (Å²) in [5.41, 5.74) is -1.20. The molecule has 0 amide bonds. The highest BCUT2D eigenvalue weighted by molar-refractivity contribution is 5.30. The summed E-state index contributed by atoms with van der Waals surface area (Å²) in [4.78, 5) is 0. The Kier molecular flexibility index (Phi) is 5.23. The van der Waals surface area contributed by atoms with Gasteiger partial charge in [-0.05, 0) is 38.1 Å². The van der Waals surface area contributed by atoms with E-state index in [1.54, 1.807) is 6.07 Å². The van der Waals surface area contributed by atoms with Crippen LogP contribution in [-0.4, -0.2) is 18.7 Å². The van der Waals surface area contributed by atoms with Gasteiger partial charge in [0.15, 0.2) is 0 Å². The fourth-order valence-electron chi connectivity index (χ4n) is 1.64. The minimum Gasteiger partial charge on any atom is -0.486 e. The summed E-state index contributed by atoms with van der Waals surface area (Å²) in [6.07, 6.45) is -3.64. The smallest absolute Gasteiger partial charge is 0.416 e. The summed E-state index contributed by atoms with van der Waals surface area (Å²) >= 11 is 0. The van der Waals surface area contributed by atoms with E-state index < -0.39 is 17.3 Å². The van der Waals surface area contributed by atoms with Crippen LogP contribution in [0.15, 0.2) is 24.3 Å². The molecule has 0 saturated heterocycles. The van der Waals surface area contributed by atoms with Crippen LogP contribution in [-0.2, 0) is 6.18 Å². The fourth-order valence-corrected chi connectivity index (χ4v) is 1.64. The second-order valence-corrected chi connectivity index (χ2v) is 4.71. The Morgan fingerprint density at radius 3 is 2.42 bits per heavy atom. The molecule has 0 spiro atoms. The molecule has 5 heteroatoms. The van der Waals surface area contributed by atoms with E-state index in [2.05, 4.69) is 5.32 Å². The van der Waals surface area contributed by atoms with Gasteiger partial charge in [0.25, 0.3) is 0 Å². The minimum atomic E-state index is -4.34. The molecular weight excluding hydrogens is 255 g/mol. The zero-order valence-electron chi connectivity index (χ0n) is 11.5. The van der Waals surface area contributed by atoms with Crippen molar-refractivity contribution in [3.8, 4) is 5.75 Å². The first-order valence-electron chi connectivity index (χ1n) is 6.37. The molecule has 1 N–H and O–H groups in total. The summed E-state index contributed by atoms with van der Waals surface area (Å²) in [6.45, 7) is 7.19. The Labute approximate surface area is 112 Å². The van der Waals surface area contributed by atoms with Crippen LogP contribution < -0.4 is 10.1 Å². The lowest BCUT2D eigenvalue weighted by Gasteiger charge is -2.30. The van der Waals surface area contributed by atoms with Gasteiger partial charge in [-0.25, -0.2) is 0 Å². The van der Waals surface area contributed by atoms with E-state index >= 15 is 0 Å². The first-order valence-corrected chi connectivity index (χ1v) is 6.37. The summed E-state index contributed by atoms with van der Waals surface area (Å²) in [7, 11) is 0. The van der Waals surface area contributed by atoms with Crippen molar-refractivity contribution in [3.63, 3.8) is 0 Å². The average molecular weight is 275 g/mol. The molecule has 1 unspecified atom stereocenters. The minimum absolute atomic E-state index is 0.247. The van der Waals surface area contributed by atoms with Crippen molar-refractivity contribution in [1.82, 2.24) is 5.32 Å². The number of nitrogens with one attached hydrogen (secondary N) is 1. The van der Waals surface area contributed by atoms with Crippen LogP contribution in [0.1, 0.15) is 32.8 Å². The van der Waals surface area contributed by atoms with Crippen molar-refractivity contribution >= 4 is 0 Å². The van der Waals surface area contributed by atoms with E-state index in [1.807, 2.05) is 20.8 Å². The molecule has 0 aromatic heterocycles. The number of ether oxygens (including phenoxy) is 1. The predicted molar refractivity (Wildman–Crippen MR) is 69.3 cm³/mol. The first kappa shape index (κ1) is 15.8. The molecule has 0 heterocycles. The maximum Gasteiger partial charge on any atom is 0.416 e. The van der Waals surface area contributed by atoms with Crippen molar-refractivity contribution in [2.24, 2.45) is 0 Å². The van der Waals surface area contributed by atoms with Crippen LogP contribution in [0.5, 0.6) is 5.75 Å². The lowest BCUT2D eigenvalue weighted by Crippen LogP contribution is -2.42. The lowest BCUT2D eigenvalue weighted by molar-refractivity contribution is -0.137. The fraction of sp³-hybridized carbons (Fsp3) is 0.571. The van der Waals surface area contributed by atoms with E-state index in [4.69, 9.17) is 4.74 Å². The summed E-state index contributed by atoms with van der Waals surface area (Å²) in [6, 6.07) is 5.00. The van der Waals surface area contributed by atoms with E-state index in [-0.39, 0.29) is 5.75 Å². The number of hydrogen-bond donors (Lipinski definition) is 1. The third-order valence-electron chi connectivity index (χ3n) is 3.02. The van der Waals surface area contributed by atoms with Gasteiger partial charge in [-0.3, -0.25) is 0 Å². The van der Waals surface area contributed by atoms with Gasteiger partial charge in [-0.1, -0.05) is 19.9 Å². The standard InChI is InChI=1S/C14H20F3NO/c1-4-13(3,10-18-5-2)19-12-8-6-7-11(9-12)14(15,16)17/h6-9,18H,4-5,10H2,1-3H3. The van der Waals surface area contributed by atoms with Crippen LogP contribution >= 0.6 is 0 Å². The molecule has 19 heavy (non-hydrogen) atoms. The van der Waals surface area contributed by atoms with E-state index in [1.165, 1.54) is 6.07 Å². The predicted octanol–water partition coefficient (Wildman–Crippen LogP) is 3.86. The molecule has 1 atom stereocenters. The SMILES string of the molecule is CCNCC(C)(CC)Oc1cccc(C(F)(F)F)c1. The molecule has 0 aliphatic heterocycles.